The van der Waals surface area contributed by atoms with Crippen molar-refractivity contribution in [2.24, 2.45) is 5.92 Å². The third-order valence-electron chi connectivity index (χ3n) is 4.58. The molecule has 0 amide bonds. The van der Waals surface area contributed by atoms with Gasteiger partial charge < -0.3 is 35.2 Å². The normalized spacial score (nSPS) is 29.7. The number of nitrogens with two attached hydrogens (primary N) is 1. The van der Waals surface area contributed by atoms with Crippen LogP contribution in [0.1, 0.15) is 18.8 Å². The first-order chi connectivity index (χ1) is 15.4. The Morgan fingerprint density at radius 3 is 2.38 bits per heavy atom. The molecule has 34 heavy (non-hydrogen) atoms. The number of halogens is 1. The van der Waals surface area contributed by atoms with Crippen molar-refractivity contribution in [3.05, 3.63) is 22.2 Å². The number of rotatable bonds is 9. The maximum atomic E-state index is 12.5. The van der Waals surface area contributed by atoms with Crippen molar-refractivity contribution in [3.63, 3.8) is 0 Å². The van der Waals surface area contributed by atoms with Crippen LogP contribution in [0.25, 0.3) is 0 Å². The average molecular weight is 568 g/mol. The predicted octanol–water partition coefficient (Wildman–Crippen LogP) is -0.0176. The number of ether oxygens (including phenoxy) is 1. The first kappa shape index (κ1) is 29.1. The molecule has 4 unspecified atom stereocenters. The quantitative estimate of drug-likeness (QED) is 0.130. The predicted molar refractivity (Wildman–Crippen MR) is 114 cm³/mol. The van der Waals surface area contributed by atoms with Crippen molar-refractivity contribution in [2.45, 2.75) is 37.2 Å². The van der Waals surface area contributed by atoms with E-state index in [1.165, 1.54) is 13.0 Å². The second-order valence-electron chi connectivity index (χ2n) is 7.03. The molecule has 0 radical (unpaired) electrons. The molecule has 1 aliphatic heterocycles. The van der Waals surface area contributed by atoms with Crippen LogP contribution in [-0.4, -0.2) is 57.9 Å². The van der Waals surface area contributed by atoms with Crippen molar-refractivity contribution in [1.82, 2.24) is 9.55 Å². The first-order valence-corrected chi connectivity index (χ1v) is 13.9. The minimum atomic E-state index is -5.77. The van der Waals surface area contributed by atoms with Gasteiger partial charge in [-0.3, -0.25) is 9.09 Å². The van der Waals surface area contributed by atoms with Crippen LogP contribution < -0.4 is 11.4 Å². The number of phosphoric acid groups is 3. The van der Waals surface area contributed by atoms with E-state index in [9.17, 15) is 33.4 Å². The van der Waals surface area contributed by atoms with Crippen molar-refractivity contribution >= 4 is 40.9 Å². The van der Waals surface area contributed by atoms with Crippen LogP contribution in [0, 0.1) is 25.2 Å². The summed E-state index contributed by atoms with van der Waals surface area (Å²) in [5.74, 6) is 0.880. The van der Waals surface area contributed by atoms with Gasteiger partial charge in [-0.05, 0) is 19.9 Å². The van der Waals surface area contributed by atoms with E-state index >= 15 is 0 Å². The Hall–Kier alpha value is -1.14. The summed E-state index contributed by atoms with van der Waals surface area (Å²) in [7, 11) is -16.9. The zero-order valence-corrected chi connectivity index (χ0v) is 20.8. The third kappa shape index (κ3) is 6.54. The van der Waals surface area contributed by atoms with Crippen LogP contribution in [0.5, 0.6) is 0 Å². The van der Waals surface area contributed by atoms with Crippen LogP contribution >= 0.6 is 35.1 Å². The average Bonchev–Trinajstić information content (AvgIpc) is 2.90. The van der Waals surface area contributed by atoms with Crippen molar-refractivity contribution in [3.8, 4) is 12.3 Å². The molecule has 0 saturated carbocycles. The van der Waals surface area contributed by atoms with E-state index in [1.54, 1.807) is 0 Å². The standard InChI is InChI=1S/C14H21ClN3O13P3/c1-4-14(15)9(6-19)11(28-12(14)18-7(2)5-10(16)17-13(18)20)8(3)29-33(24,25)31-34(26,27)30-32(21,22)23/h1,5,8-9,11-12,19H,6H2,2-3H3,(H,24,25)(H,26,27)(H2,16,17,20)(H2,21,22,23)/t8-,9?,11+,12+,14?/m0/s1. The summed E-state index contributed by atoms with van der Waals surface area (Å²) in [6.45, 7) is 1.81. The second-order valence-corrected chi connectivity index (χ2v) is 12.0. The largest absolute Gasteiger partial charge is 0.490 e. The highest BCUT2D eigenvalue weighted by atomic mass is 35.5. The van der Waals surface area contributed by atoms with Gasteiger partial charge in [0.05, 0.1) is 18.8 Å². The molecular weight excluding hydrogens is 547 g/mol. The third-order valence-corrected chi connectivity index (χ3v) is 9.08. The number of nitrogen functional groups attached to an aromatic ring is 1. The maximum absolute atomic E-state index is 12.5. The summed E-state index contributed by atoms with van der Waals surface area (Å²) in [4.78, 5) is 50.4. The lowest BCUT2D eigenvalue weighted by Gasteiger charge is -2.29. The van der Waals surface area contributed by atoms with Gasteiger partial charge >= 0.3 is 29.2 Å². The highest BCUT2D eigenvalue weighted by Gasteiger charge is 2.58. The summed E-state index contributed by atoms with van der Waals surface area (Å²) in [6, 6.07) is 1.31. The number of hydrogen-bond acceptors (Lipinski definition) is 11. The van der Waals surface area contributed by atoms with Crippen molar-refractivity contribution in [2.75, 3.05) is 12.3 Å². The zero-order valence-electron chi connectivity index (χ0n) is 17.4. The Balaban J connectivity index is 2.37. The van der Waals surface area contributed by atoms with Crippen LogP contribution in [0.15, 0.2) is 10.9 Å². The van der Waals surface area contributed by atoms with Gasteiger partial charge in [-0.2, -0.15) is 13.6 Å². The molecule has 20 heteroatoms. The van der Waals surface area contributed by atoms with Gasteiger partial charge in [-0.1, -0.05) is 17.5 Å². The fourth-order valence-corrected chi connectivity index (χ4v) is 6.89. The molecule has 2 rings (SSSR count). The molecule has 1 aromatic rings. The Morgan fingerprint density at radius 2 is 1.91 bits per heavy atom. The molecule has 7 N–H and O–H groups in total. The van der Waals surface area contributed by atoms with Gasteiger partial charge in [0.25, 0.3) is 0 Å². The van der Waals surface area contributed by atoms with E-state index in [0.29, 0.717) is 0 Å². The Bertz CT molecular complexity index is 1180. The molecule has 7 atom stereocenters. The molecule has 1 fully saturated rings. The number of phosphoric ester groups is 1. The lowest BCUT2D eigenvalue weighted by atomic mass is 9.87. The lowest BCUT2D eigenvalue weighted by molar-refractivity contribution is -0.0671. The molecule has 0 spiro atoms. The van der Waals surface area contributed by atoms with E-state index in [2.05, 4.69) is 19.5 Å². The summed E-state index contributed by atoms with van der Waals surface area (Å²) >= 11 is 6.55. The van der Waals surface area contributed by atoms with Crippen LogP contribution in [0.2, 0.25) is 0 Å². The van der Waals surface area contributed by atoms with Gasteiger partial charge in [0.15, 0.2) is 11.1 Å². The van der Waals surface area contributed by atoms with E-state index in [0.717, 1.165) is 11.5 Å². The Morgan fingerprint density at radius 1 is 1.32 bits per heavy atom. The fraction of sp³-hybridized carbons (Fsp3) is 0.571. The summed E-state index contributed by atoms with van der Waals surface area (Å²) in [5, 5.41) is 9.92. The van der Waals surface area contributed by atoms with E-state index < -0.39 is 65.0 Å². The van der Waals surface area contributed by atoms with E-state index in [4.69, 9.17) is 42.8 Å². The number of aromatic nitrogens is 2. The minimum Gasteiger partial charge on any atom is -0.396 e. The highest BCUT2D eigenvalue weighted by Crippen LogP contribution is 2.67. The number of anilines is 1. The Labute approximate surface area is 197 Å². The van der Waals surface area contributed by atoms with E-state index in [-0.39, 0.29) is 11.5 Å². The molecule has 1 aromatic heterocycles. The monoisotopic (exact) mass is 567 g/mol. The highest BCUT2D eigenvalue weighted by molar-refractivity contribution is 7.66. The topological polar surface area (TPSA) is 250 Å². The summed E-state index contributed by atoms with van der Waals surface area (Å²) in [5.41, 5.74) is 4.86. The van der Waals surface area contributed by atoms with Gasteiger partial charge in [0, 0.05) is 11.6 Å². The number of aliphatic hydroxyl groups excluding tert-OH is 1. The van der Waals surface area contributed by atoms with Crippen LogP contribution in [0.3, 0.4) is 0 Å². The number of terminal acetylenes is 1. The summed E-state index contributed by atoms with van der Waals surface area (Å²) < 4.78 is 53.2. The van der Waals surface area contributed by atoms with Crippen molar-refractivity contribution < 1.29 is 56.3 Å². The van der Waals surface area contributed by atoms with Crippen molar-refractivity contribution in [1.29, 1.82) is 0 Å². The molecular formula is C14H21ClN3O13P3. The molecule has 192 valence electrons. The molecule has 1 aliphatic rings. The van der Waals surface area contributed by atoms with Gasteiger partial charge in [0.1, 0.15) is 5.82 Å². The van der Waals surface area contributed by atoms with Crippen LogP contribution in [0.4, 0.5) is 5.82 Å². The number of alkyl halides is 1. The first-order valence-electron chi connectivity index (χ1n) is 8.96. The van der Waals surface area contributed by atoms with Gasteiger partial charge in [-0.15, -0.1) is 6.42 Å². The molecule has 0 aliphatic carbocycles. The SMILES string of the molecule is C#CC1(Cl)C(CO)[C@@H]([C@H](C)OP(=O)(O)OP(=O)(O)OP(=O)(O)O)O[C@H]1n1c(C)cc(N)nc1=O. The number of hydrogen-bond donors (Lipinski definition) is 6. The number of aliphatic hydroxyl groups is 1. The minimum absolute atomic E-state index is 0.103. The van der Waals surface area contributed by atoms with Gasteiger partial charge in [0.2, 0.25) is 0 Å². The summed E-state index contributed by atoms with van der Waals surface area (Å²) in [6.07, 6.45) is 1.09. The van der Waals surface area contributed by atoms with Gasteiger partial charge in [-0.25, -0.2) is 18.5 Å². The van der Waals surface area contributed by atoms with Crippen LogP contribution in [-0.2, 0) is 31.6 Å². The van der Waals surface area contributed by atoms with E-state index in [1.807, 2.05) is 0 Å². The lowest BCUT2D eigenvalue weighted by Crippen LogP contribution is -2.43. The molecule has 16 nitrogen and oxygen atoms in total. The zero-order chi connectivity index (χ0) is 26.3. The maximum Gasteiger partial charge on any atom is 0.490 e. The molecule has 0 aromatic carbocycles. The second kappa shape index (κ2) is 10.1. The molecule has 0 bridgehead atoms. The molecule has 1 saturated heterocycles. The smallest absolute Gasteiger partial charge is 0.396 e. The number of aryl methyl sites for hydroxylation is 1. The Kier molecular flexibility index (Phi) is 8.63. The fourth-order valence-electron chi connectivity index (χ4n) is 3.35. The molecule has 2 heterocycles. The number of nitrogens with zero attached hydrogens (tertiary/aromatic N) is 2.